The van der Waals surface area contributed by atoms with Crippen LogP contribution in [0.25, 0.3) is 10.6 Å². The normalized spacial score (nSPS) is 10.7. The van der Waals surface area contributed by atoms with Gasteiger partial charge in [0.2, 0.25) is 0 Å². The lowest BCUT2D eigenvalue weighted by Crippen LogP contribution is -2.19. The zero-order chi connectivity index (χ0) is 18.5. The second kappa shape index (κ2) is 8.23. The summed E-state index contributed by atoms with van der Waals surface area (Å²) in [7, 11) is 2.03. The molecular formula is C21H21FN2OS. The zero-order valence-electron chi connectivity index (χ0n) is 14.9. The number of halogens is 1. The number of ketones is 1. The molecule has 0 saturated heterocycles. The lowest BCUT2D eigenvalue weighted by atomic mass is 10.1. The number of rotatable bonds is 7. The molecule has 0 aliphatic carbocycles. The van der Waals surface area contributed by atoms with Crippen LogP contribution in [-0.4, -0.2) is 24.4 Å². The van der Waals surface area contributed by atoms with Crippen molar-refractivity contribution in [1.82, 2.24) is 4.98 Å². The zero-order valence-corrected chi connectivity index (χ0v) is 15.7. The minimum Gasteiger partial charge on any atom is -0.375 e. The molecule has 1 heterocycles. The summed E-state index contributed by atoms with van der Waals surface area (Å²) < 4.78 is 13.1. The molecule has 134 valence electrons. The largest absolute Gasteiger partial charge is 0.375 e. The molecule has 5 heteroatoms. The number of hydrogen-bond donors (Lipinski definition) is 0. The van der Waals surface area contributed by atoms with E-state index in [9.17, 15) is 9.18 Å². The van der Waals surface area contributed by atoms with Gasteiger partial charge in [-0.05, 0) is 49.7 Å². The highest BCUT2D eigenvalue weighted by Gasteiger charge is 2.16. The number of aromatic nitrogens is 1. The number of Topliss-reactive ketones (excluding diaryl/α,β-unsaturated/α-hetero) is 1. The van der Waals surface area contributed by atoms with Gasteiger partial charge in [-0.3, -0.25) is 4.79 Å². The summed E-state index contributed by atoms with van der Waals surface area (Å²) in [5, 5.41) is 0.757. The van der Waals surface area contributed by atoms with Crippen molar-refractivity contribution in [2.75, 3.05) is 18.5 Å². The Bertz CT molecular complexity index is 875. The molecule has 2 aromatic carbocycles. The van der Waals surface area contributed by atoms with Crippen LogP contribution in [0.2, 0.25) is 0 Å². The third kappa shape index (κ3) is 4.35. The molecule has 3 aromatic rings. The lowest BCUT2D eigenvalue weighted by Gasteiger charge is -2.18. The summed E-state index contributed by atoms with van der Waals surface area (Å²) in [6.07, 6.45) is 1.27. The topological polar surface area (TPSA) is 33.2 Å². The van der Waals surface area contributed by atoms with Crippen molar-refractivity contribution >= 4 is 22.8 Å². The Morgan fingerprint density at radius 1 is 1.12 bits per heavy atom. The molecule has 1 aromatic heterocycles. The third-order valence-corrected chi connectivity index (χ3v) is 5.48. The summed E-state index contributed by atoms with van der Waals surface area (Å²) in [4.78, 5) is 19.9. The van der Waals surface area contributed by atoms with Crippen molar-refractivity contribution in [2.45, 2.75) is 19.8 Å². The van der Waals surface area contributed by atoms with Gasteiger partial charge in [-0.15, -0.1) is 11.3 Å². The van der Waals surface area contributed by atoms with Crippen LogP contribution in [0.5, 0.6) is 0 Å². The van der Waals surface area contributed by atoms with E-state index >= 15 is 0 Å². The number of benzene rings is 2. The molecule has 0 N–H and O–H groups in total. The second-order valence-electron chi connectivity index (χ2n) is 6.22. The smallest absolute Gasteiger partial charge is 0.174 e. The van der Waals surface area contributed by atoms with Gasteiger partial charge in [0.25, 0.3) is 0 Å². The van der Waals surface area contributed by atoms with Crippen molar-refractivity contribution in [3.8, 4) is 10.6 Å². The van der Waals surface area contributed by atoms with Crippen LogP contribution in [0.1, 0.15) is 28.2 Å². The Balaban J connectivity index is 1.60. The number of nitrogens with zero attached hydrogens (tertiary/aromatic N) is 2. The molecule has 26 heavy (non-hydrogen) atoms. The average molecular weight is 368 g/mol. The van der Waals surface area contributed by atoms with Gasteiger partial charge in [0.05, 0.1) is 10.6 Å². The predicted octanol–water partition coefficient (Wildman–Crippen LogP) is 5.36. The number of hydrogen-bond acceptors (Lipinski definition) is 4. The highest BCUT2D eigenvalue weighted by molar-refractivity contribution is 7.17. The summed E-state index contributed by atoms with van der Waals surface area (Å²) in [6.45, 7) is 2.67. The second-order valence-corrected chi connectivity index (χ2v) is 7.22. The lowest BCUT2D eigenvalue weighted by molar-refractivity contribution is 0.0984. The molecule has 3 nitrogen and oxygen atoms in total. The molecule has 0 atom stereocenters. The minimum atomic E-state index is -0.277. The van der Waals surface area contributed by atoms with Gasteiger partial charge in [-0.1, -0.05) is 18.2 Å². The molecule has 0 aliphatic rings. The van der Waals surface area contributed by atoms with E-state index in [1.54, 1.807) is 12.1 Å². The van der Waals surface area contributed by atoms with Gasteiger partial charge in [-0.2, -0.15) is 0 Å². The number of anilines is 1. The van der Waals surface area contributed by atoms with Crippen molar-refractivity contribution in [1.29, 1.82) is 0 Å². The maximum atomic E-state index is 13.1. The van der Waals surface area contributed by atoms with E-state index in [0.717, 1.165) is 34.9 Å². The monoisotopic (exact) mass is 368 g/mol. The van der Waals surface area contributed by atoms with Gasteiger partial charge in [0.15, 0.2) is 5.78 Å². The highest BCUT2D eigenvalue weighted by Crippen LogP contribution is 2.29. The Morgan fingerprint density at radius 3 is 2.50 bits per heavy atom. The molecule has 0 fully saturated rings. The Labute approximate surface area is 157 Å². The number of carbonyl (C=O) groups is 1. The molecule has 0 radical (unpaired) electrons. The summed E-state index contributed by atoms with van der Waals surface area (Å²) in [5.74, 6) is -0.157. The first-order valence-corrected chi connectivity index (χ1v) is 9.39. The van der Waals surface area contributed by atoms with Crippen molar-refractivity contribution in [3.63, 3.8) is 0 Å². The van der Waals surface area contributed by atoms with Crippen LogP contribution < -0.4 is 4.90 Å². The Morgan fingerprint density at radius 2 is 1.81 bits per heavy atom. The van der Waals surface area contributed by atoms with Crippen molar-refractivity contribution in [2.24, 2.45) is 0 Å². The number of thiazole rings is 1. The average Bonchev–Trinajstić information content (AvgIpc) is 3.04. The minimum absolute atomic E-state index is 0.120. The SMILES string of the molecule is Cc1nc(-c2ccc(F)cc2)sc1C(=O)CCCN(C)c1ccccc1. The molecule has 0 spiro atoms. The van der Waals surface area contributed by atoms with E-state index < -0.39 is 0 Å². The number of carbonyl (C=O) groups excluding carboxylic acids is 1. The van der Waals surface area contributed by atoms with E-state index in [1.165, 1.54) is 23.5 Å². The van der Waals surface area contributed by atoms with Crippen LogP contribution in [0.4, 0.5) is 10.1 Å². The Hall–Kier alpha value is -2.53. The standard InChI is InChI=1S/C21H21FN2OS/c1-15-20(26-21(23-15)16-10-12-17(22)13-11-16)19(25)9-6-14-24(2)18-7-4-3-5-8-18/h3-5,7-8,10-13H,6,9,14H2,1-2H3. The van der Waals surface area contributed by atoms with E-state index in [-0.39, 0.29) is 11.6 Å². The van der Waals surface area contributed by atoms with Crippen LogP contribution in [0.3, 0.4) is 0 Å². The quantitative estimate of drug-likeness (QED) is 0.527. The first-order valence-electron chi connectivity index (χ1n) is 8.57. The van der Waals surface area contributed by atoms with Gasteiger partial charge in [0, 0.05) is 31.3 Å². The molecule has 0 amide bonds. The number of aryl methyl sites for hydroxylation is 1. The van der Waals surface area contributed by atoms with Crippen LogP contribution in [-0.2, 0) is 0 Å². The van der Waals surface area contributed by atoms with Crippen molar-refractivity contribution in [3.05, 3.63) is 71.0 Å². The van der Waals surface area contributed by atoms with E-state index in [0.29, 0.717) is 11.3 Å². The number of para-hydroxylation sites is 1. The summed E-state index contributed by atoms with van der Waals surface area (Å²) >= 11 is 1.39. The molecule has 0 bridgehead atoms. The first kappa shape index (κ1) is 18.3. The first-order chi connectivity index (χ1) is 12.5. The summed E-state index contributed by atoms with van der Waals surface area (Å²) in [5.41, 5.74) is 2.73. The fraction of sp³-hybridized carbons (Fsp3) is 0.238. The molecule has 3 rings (SSSR count). The maximum absolute atomic E-state index is 13.1. The predicted molar refractivity (Wildman–Crippen MR) is 106 cm³/mol. The van der Waals surface area contributed by atoms with Crippen LogP contribution in [0.15, 0.2) is 54.6 Å². The van der Waals surface area contributed by atoms with Crippen LogP contribution in [0, 0.1) is 12.7 Å². The van der Waals surface area contributed by atoms with Crippen molar-refractivity contribution < 1.29 is 9.18 Å². The van der Waals surface area contributed by atoms with E-state index in [1.807, 2.05) is 32.2 Å². The fourth-order valence-corrected chi connectivity index (χ4v) is 3.81. The molecule has 0 aliphatic heterocycles. The third-order valence-electron chi connectivity index (χ3n) is 4.24. The molecular weight excluding hydrogens is 347 g/mol. The molecule has 0 unspecified atom stereocenters. The highest BCUT2D eigenvalue weighted by atomic mass is 32.1. The van der Waals surface area contributed by atoms with E-state index in [2.05, 4.69) is 22.0 Å². The molecule has 0 saturated carbocycles. The van der Waals surface area contributed by atoms with E-state index in [4.69, 9.17) is 0 Å². The maximum Gasteiger partial charge on any atom is 0.174 e. The van der Waals surface area contributed by atoms with Gasteiger partial charge >= 0.3 is 0 Å². The fourth-order valence-electron chi connectivity index (χ4n) is 2.77. The van der Waals surface area contributed by atoms with Crippen LogP contribution >= 0.6 is 11.3 Å². The van der Waals surface area contributed by atoms with Gasteiger partial charge < -0.3 is 4.90 Å². The summed E-state index contributed by atoms with van der Waals surface area (Å²) in [6, 6.07) is 16.3. The van der Waals surface area contributed by atoms with Gasteiger partial charge in [-0.25, -0.2) is 9.37 Å². The Kier molecular flexibility index (Phi) is 5.78. The van der Waals surface area contributed by atoms with Gasteiger partial charge in [0.1, 0.15) is 10.8 Å².